The number of urea groups is 1. The third kappa shape index (κ3) is 5.94. The van der Waals surface area contributed by atoms with Gasteiger partial charge in [-0.3, -0.25) is 4.79 Å². The Bertz CT molecular complexity index is 316. The van der Waals surface area contributed by atoms with E-state index in [0.29, 0.717) is 13.0 Å². The normalized spacial score (nSPS) is 21.1. The number of hydrogen-bond acceptors (Lipinski definition) is 2. The molecule has 19 heavy (non-hydrogen) atoms. The van der Waals surface area contributed by atoms with E-state index in [2.05, 4.69) is 24.5 Å². The van der Waals surface area contributed by atoms with Crippen molar-refractivity contribution in [1.82, 2.24) is 10.6 Å². The molecule has 1 saturated carbocycles. The van der Waals surface area contributed by atoms with Crippen LogP contribution in [0, 0.1) is 5.41 Å². The van der Waals surface area contributed by atoms with Crippen molar-refractivity contribution in [3.05, 3.63) is 0 Å². The molecule has 5 heteroatoms. The van der Waals surface area contributed by atoms with Gasteiger partial charge in [0.15, 0.2) is 0 Å². The van der Waals surface area contributed by atoms with Gasteiger partial charge >= 0.3 is 12.0 Å². The van der Waals surface area contributed by atoms with Crippen molar-refractivity contribution in [2.45, 2.75) is 64.8 Å². The number of carboxylic acids is 1. The first-order valence-corrected chi connectivity index (χ1v) is 7.18. The number of unbranched alkanes of at least 4 members (excludes halogenated alkanes) is 2. The lowest BCUT2D eigenvalue weighted by Crippen LogP contribution is -2.46. The first-order valence-electron chi connectivity index (χ1n) is 7.18. The van der Waals surface area contributed by atoms with Gasteiger partial charge in [0, 0.05) is 19.0 Å². The molecular weight excluding hydrogens is 244 g/mol. The molecule has 0 saturated heterocycles. The van der Waals surface area contributed by atoms with Crippen molar-refractivity contribution >= 4 is 12.0 Å². The molecule has 1 fully saturated rings. The summed E-state index contributed by atoms with van der Waals surface area (Å²) < 4.78 is 0. The molecule has 110 valence electrons. The maximum absolute atomic E-state index is 11.7. The third-order valence-electron chi connectivity index (χ3n) is 3.92. The minimum Gasteiger partial charge on any atom is -0.481 e. The predicted molar refractivity (Wildman–Crippen MR) is 74.1 cm³/mol. The van der Waals surface area contributed by atoms with Crippen LogP contribution < -0.4 is 10.6 Å². The second-order valence-electron chi connectivity index (χ2n) is 6.04. The summed E-state index contributed by atoms with van der Waals surface area (Å²) in [7, 11) is 0. The van der Waals surface area contributed by atoms with Crippen LogP contribution in [0.4, 0.5) is 4.79 Å². The van der Waals surface area contributed by atoms with E-state index in [1.165, 1.54) is 6.42 Å². The van der Waals surface area contributed by atoms with E-state index in [9.17, 15) is 9.59 Å². The number of hydrogen-bond donors (Lipinski definition) is 3. The molecule has 1 atom stereocenters. The molecule has 3 N–H and O–H groups in total. The first kappa shape index (κ1) is 15.8. The molecule has 0 bridgehead atoms. The molecule has 2 amide bonds. The zero-order valence-electron chi connectivity index (χ0n) is 12.0. The Labute approximate surface area is 115 Å². The second-order valence-corrected chi connectivity index (χ2v) is 6.04. The van der Waals surface area contributed by atoms with Crippen LogP contribution in [0.1, 0.15) is 58.8 Å². The highest BCUT2D eigenvalue weighted by molar-refractivity contribution is 5.74. The number of amides is 2. The zero-order valence-corrected chi connectivity index (χ0v) is 12.0. The van der Waals surface area contributed by atoms with Gasteiger partial charge in [-0.15, -0.1) is 0 Å². The SMILES string of the molecule is CC1(C)CCCC1NC(=O)NCCCCCC(=O)O. The van der Waals surface area contributed by atoms with Crippen molar-refractivity contribution in [3.8, 4) is 0 Å². The van der Waals surface area contributed by atoms with Crippen LogP contribution in [0.15, 0.2) is 0 Å². The zero-order chi connectivity index (χ0) is 14.3. The lowest BCUT2D eigenvalue weighted by atomic mass is 9.87. The van der Waals surface area contributed by atoms with Crippen LogP contribution in [-0.2, 0) is 4.79 Å². The van der Waals surface area contributed by atoms with Crippen LogP contribution in [-0.4, -0.2) is 29.7 Å². The summed E-state index contributed by atoms with van der Waals surface area (Å²) in [5, 5.41) is 14.4. The number of carboxylic acid groups (broad SMARTS) is 1. The van der Waals surface area contributed by atoms with Gasteiger partial charge in [0.2, 0.25) is 0 Å². The molecule has 0 aromatic carbocycles. The van der Waals surface area contributed by atoms with Crippen molar-refractivity contribution in [1.29, 1.82) is 0 Å². The summed E-state index contributed by atoms with van der Waals surface area (Å²) in [5.74, 6) is -0.755. The van der Waals surface area contributed by atoms with Crippen molar-refractivity contribution in [2.75, 3.05) is 6.54 Å². The van der Waals surface area contributed by atoms with E-state index in [-0.39, 0.29) is 23.9 Å². The molecule has 1 rings (SSSR count). The number of nitrogens with one attached hydrogen (secondary N) is 2. The summed E-state index contributed by atoms with van der Waals surface area (Å²) in [6.07, 6.45) is 5.94. The van der Waals surface area contributed by atoms with Gasteiger partial charge in [-0.05, 0) is 31.1 Å². The molecule has 1 unspecified atom stereocenters. The van der Waals surface area contributed by atoms with Gasteiger partial charge < -0.3 is 15.7 Å². The second kappa shape index (κ2) is 7.36. The fraction of sp³-hybridized carbons (Fsp3) is 0.857. The minimum atomic E-state index is -0.755. The molecular formula is C14H26N2O3. The van der Waals surface area contributed by atoms with E-state index in [1.54, 1.807) is 0 Å². The van der Waals surface area contributed by atoms with Crippen LogP contribution in [0.25, 0.3) is 0 Å². The van der Waals surface area contributed by atoms with E-state index in [4.69, 9.17) is 5.11 Å². The van der Waals surface area contributed by atoms with Crippen LogP contribution in [0.3, 0.4) is 0 Å². The average molecular weight is 270 g/mol. The quantitative estimate of drug-likeness (QED) is 0.622. The number of rotatable bonds is 7. The molecule has 0 heterocycles. The van der Waals surface area contributed by atoms with Crippen LogP contribution >= 0.6 is 0 Å². The van der Waals surface area contributed by atoms with E-state index in [0.717, 1.165) is 25.7 Å². The fourth-order valence-electron chi connectivity index (χ4n) is 2.58. The van der Waals surface area contributed by atoms with Gasteiger partial charge in [-0.1, -0.05) is 26.7 Å². The highest BCUT2D eigenvalue weighted by Gasteiger charge is 2.35. The van der Waals surface area contributed by atoms with Gasteiger partial charge in [0.1, 0.15) is 0 Å². The number of aliphatic carboxylic acids is 1. The Balaban J connectivity index is 2.07. The Kier molecular flexibility index (Phi) is 6.12. The van der Waals surface area contributed by atoms with E-state index >= 15 is 0 Å². The third-order valence-corrected chi connectivity index (χ3v) is 3.92. The monoisotopic (exact) mass is 270 g/mol. The maximum atomic E-state index is 11.7. The Hall–Kier alpha value is -1.26. The van der Waals surface area contributed by atoms with E-state index < -0.39 is 5.97 Å². The summed E-state index contributed by atoms with van der Waals surface area (Å²) >= 11 is 0. The van der Waals surface area contributed by atoms with Crippen molar-refractivity contribution in [3.63, 3.8) is 0 Å². The molecule has 0 aromatic rings. The maximum Gasteiger partial charge on any atom is 0.315 e. The van der Waals surface area contributed by atoms with Gasteiger partial charge in [-0.2, -0.15) is 0 Å². The molecule has 5 nitrogen and oxygen atoms in total. The van der Waals surface area contributed by atoms with Gasteiger partial charge in [0.05, 0.1) is 0 Å². The summed E-state index contributed by atoms with van der Waals surface area (Å²) in [5.41, 5.74) is 0.193. The lowest BCUT2D eigenvalue weighted by Gasteiger charge is -2.27. The Morgan fingerprint density at radius 2 is 2.00 bits per heavy atom. The molecule has 1 aliphatic rings. The lowest BCUT2D eigenvalue weighted by molar-refractivity contribution is -0.137. The molecule has 0 radical (unpaired) electrons. The average Bonchev–Trinajstić information content (AvgIpc) is 2.63. The predicted octanol–water partition coefficient (Wildman–Crippen LogP) is 2.51. The van der Waals surface area contributed by atoms with Crippen molar-refractivity contribution < 1.29 is 14.7 Å². The Morgan fingerprint density at radius 3 is 2.58 bits per heavy atom. The number of carbonyl (C=O) groups is 2. The van der Waals surface area contributed by atoms with Crippen LogP contribution in [0.2, 0.25) is 0 Å². The molecule has 0 spiro atoms. The molecule has 0 aromatic heterocycles. The fourth-order valence-corrected chi connectivity index (χ4v) is 2.58. The Morgan fingerprint density at radius 1 is 1.26 bits per heavy atom. The first-order chi connectivity index (χ1) is 8.92. The van der Waals surface area contributed by atoms with Gasteiger partial charge in [-0.25, -0.2) is 4.79 Å². The highest BCUT2D eigenvalue weighted by Crippen LogP contribution is 2.36. The molecule has 0 aliphatic heterocycles. The standard InChI is InChI=1S/C14H26N2O3/c1-14(2)9-6-7-11(14)16-13(19)15-10-5-3-4-8-12(17)18/h11H,3-10H2,1-2H3,(H,17,18)(H2,15,16,19). The van der Waals surface area contributed by atoms with Crippen LogP contribution in [0.5, 0.6) is 0 Å². The highest BCUT2D eigenvalue weighted by atomic mass is 16.4. The summed E-state index contributed by atoms with van der Waals surface area (Å²) in [6.45, 7) is 4.99. The van der Waals surface area contributed by atoms with E-state index in [1.807, 2.05) is 0 Å². The summed E-state index contributed by atoms with van der Waals surface area (Å²) in [4.78, 5) is 22.0. The minimum absolute atomic E-state index is 0.0989. The summed E-state index contributed by atoms with van der Waals surface area (Å²) in [6, 6.07) is 0.165. The van der Waals surface area contributed by atoms with Gasteiger partial charge in [0.25, 0.3) is 0 Å². The van der Waals surface area contributed by atoms with Crippen molar-refractivity contribution in [2.24, 2.45) is 5.41 Å². The number of carbonyl (C=O) groups excluding carboxylic acids is 1. The largest absolute Gasteiger partial charge is 0.481 e. The smallest absolute Gasteiger partial charge is 0.315 e. The molecule has 1 aliphatic carbocycles. The topological polar surface area (TPSA) is 78.4 Å².